The Labute approximate surface area is 213 Å². The summed E-state index contributed by atoms with van der Waals surface area (Å²) in [4.78, 5) is 20.3. The summed E-state index contributed by atoms with van der Waals surface area (Å²) in [5, 5.41) is 0. The SMILES string of the molecule is Cc1ccc(C(C)C)cc1C(=O)N1CCN(c2ccc(CCCCN(C)C3CCCC3)cc2)CC1. The van der Waals surface area contributed by atoms with Crippen molar-refractivity contribution in [1.82, 2.24) is 9.80 Å². The third kappa shape index (κ3) is 6.67. The van der Waals surface area contributed by atoms with Gasteiger partial charge in [-0.15, -0.1) is 0 Å². The molecule has 35 heavy (non-hydrogen) atoms. The van der Waals surface area contributed by atoms with Crippen LogP contribution in [0, 0.1) is 6.92 Å². The number of rotatable bonds is 9. The molecule has 0 atom stereocenters. The summed E-state index contributed by atoms with van der Waals surface area (Å²) in [7, 11) is 2.31. The van der Waals surface area contributed by atoms with Gasteiger partial charge in [0, 0.05) is 43.5 Å². The third-order valence-corrected chi connectivity index (χ3v) is 8.20. The normalized spacial score (nSPS) is 17.1. The van der Waals surface area contributed by atoms with Crippen molar-refractivity contribution in [2.24, 2.45) is 0 Å². The molecule has 2 fully saturated rings. The molecule has 0 N–H and O–H groups in total. The number of unbranched alkanes of at least 4 members (excludes halogenated alkanes) is 1. The quantitative estimate of drug-likeness (QED) is 0.400. The average Bonchev–Trinajstić information content (AvgIpc) is 3.42. The second-order valence-corrected chi connectivity index (χ2v) is 11.1. The molecule has 1 aliphatic carbocycles. The number of amides is 1. The zero-order chi connectivity index (χ0) is 24.8. The minimum absolute atomic E-state index is 0.179. The van der Waals surface area contributed by atoms with Gasteiger partial charge < -0.3 is 14.7 Å². The van der Waals surface area contributed by atoms with Gasteiger partial charge in [0.1, 0.15) is 0 Å². The van der Waals surface area contributed by atoms with Crippen molar-refractivity contribution < 1.29 is 4.79 Å². The van der Waals surface area contributed by atoms with Gasteiger partial charge in [-0.25, -0.2) is 0 Å². The van der Waals surface area contributed by atoms with Crippen LogP contribution in [0.5, 0.6) is 0 Å². The maximum atomic E-state index is 13.2. The van der Waals surface area contributed by atoms with Crippen molar-refractivity contribution in [2.75, 3.05) is 44.7 Å². The van der Waals surface area contributed by atoms with Gasteiger partial charge in [0.05, 0.1) is 0 Å². The van der Waals surface area contributed by atoms with Crippen LogP contribution in [-0.4, -0.2) is 61.5 Å². The second-order valence-electron chi connectivity index (χ2n) is 11.1. The Balaban J connectivity index is 1.23. The lowest BCUT2D eigenvalue weighted by atomic mass is 9.97. The van der Waals surface area contributed by atoms with Crippen LogP contribution in [0.25, 0.3) is 0 Å². The molecule has 4 rings (SSSR count). The van der Waals surface area contributed by atoms with Crippen molar-refractivity contribution in [3.05, 3.63) is 64.7 Å². The zero-order valence-electron chi connectivity index (χ0n) is 22.4. The molecular weight excluding hydrogens is 430 g/mol. The highest BCUT2D eigenvalue weighted by Crippen LogP contribution is 2.24. The van der Waals surface area contributed by atoms with Gasteiger partial charge in [-0.3, -0.25) is 4.79 Å². The van der Waals surface area contributed by atoms with Crippen molar-refractivity contribution in [1.29, 1.82) is 0 Å². The Morgan fingerprint density at radius 1 is 0.971 bits per heavy atom. The standard InChI is InChI=1S/C31H45N3O/c1-24(2)27-15-12-25(3)30(23-27)31(35)34-21-19-33(20-22-34)29-16-13-26(14-17-29)9-7-8-18-32(4)28-10-5-6-11-28/h12-17,23-24,28H,5-11,18-22H2,1-4H3. The fourth-order valence-electron chi connectivity index (χ4n) is 5.66. The van der Waals surface area contributed by atoms with Crippen LogP contribution in [0.15, 0.2) is 42.5 Å². The predicted octanol–water partition coefficient (Wildman–Crippen LogP) is 6.28. The Morgan fingerprint density at radius 2 is 1.66 bits per heavy atom. The molecule has 4 nitrogen and oxygen atoms in total. The summed E-state index contributed by atoms with van der Waals surface area (Å²) < 4.78 is 0. The number of carbonyl (C=O) groups is 1. The fraction of sp³-hybridized carbons (Fsp3) is 0.581. The minimum atomic E-state index is 0.179. The highest BCUT2D eigenvalue weighted by molar-refractivity contribution is 5.96. The topological polar surface area (TPSA) is 26.8 Å². The van der Waals surface area contributed by atoms with E-state index in [2.05, 4.69) is 73.2 Å². The van der Waals surface area contributed by atoms with E-state index in [-0.39, 0.29) is 5.91 Å². The molecular formula is C31H45N3O. The van der Waals surface area contributed by atoms with E-state index < -0.39 is 0 Å². The Morgan fingerprint density at radius 3 is 2.31 bits per heavy atom. The largest absolute Gasteiger partial charge is 0.368 e. The molecule has 0 bridgehead atoms. The van der Waals surface area contributed by atoms with Gasteiger partial charge >= 0.3 is 0 Å². The van der Waals surface area contributed by atoms with Crippen LogP contribution >= 0.6 is 0 Å². The molecule has 190 valence electrons. The molecule has 0 radical (unpaired) electrons. The Bertz CT molecular complexity index is 954. The van der Waals surface area contributed by atoms with Crippen LogP contribution in [0.4, 0.5) is 5.69 Å². The van der Waals surface area contributed by atoms with Gasteiger partial charge in [-0.05, 0) is 93.4 Å². The summed E-state index contributed by atoms with van der Waals surface area (Å²) in [6.07, 6.45) is 9.32. The number of anilines is 1. The lowest BCUT2D eigenvalue weighted by molar-refractivity contribution is 0.0746. The van der Waals surface area contributed by atoms with Crippen molar-refractivity contribution in [3.63, 3.8) is 0 Å². The van der Waals surface area contributed by atoms with Gasteiger partial charge in [0.15, 0.2) is 0 Å². The molecule has 2 aromatic rings. The molecule has 1 heterocycles. The van der Waals surface area contributed by atoms with Gasteiger partial charge in [-0.1, -0.05) is 51.0 Å². The average molecular weight is 476 g/mol. The number of piperazine rings is 1. The minimum Gasteiger partial charge on any atom is -0.368 e. The third-order valence-electron chi connectivity index (χ3n) is 8.20. The zero-order valence-corrected chi connectivity index (χ0v) is 22.4. The molecule has 2 aromatic carbocycles. The van der Waals surface area contributed by atoms with E-state index in [1.807, 2.05) is 11.8 Å². The van der Waals surface area contributed by atoms with E-state index in [4.69, 9.17) is 0 Å². The molecule has 0 spiro atoms. The lowest BCUT2D eigenvalue weighted by Crippen LogP contribution is -2.49. The lowest BCUT2D eigenvalue weighted by Gasteiger charge is -2.36. The first kappa shape index (κ1) is 25.8. The number of hydrogen-bond acceptors (Lipinski definition) is 3. The maximum absolute atomic E-state index is 13.2. The first-order chi connectivity index (χ1) is 16.9. The fourth-order valence-corrected chi connectivity index (χ4v) is 5.66. The van der Waals surface area contributed by atoms with Crippen LogP contribution < -0.4 is 4.90 Å². The number of nitrogens with zero attached hydrogens (tertiary/aromatic N) is 3. The molecule has 0 aromatic heterocycles. The molecule has 1 aliphatic heterocycles. The second kappa shape index (κ2) is 12.1. The summed E-state index contributed by atoms with van der Waals surface area (Å²) in [5.41, 5.74) is 5.89. The van der Waals surface area contributed by atoms with E-state index in [1.165, 1.54) is 61.9 Å². The van der Waals surface area contributed by atoms with Crippen molar-refractivity contribution in [3.8, 4) is 0 Å². The van der Waals surface area contributed by atoms with E-state index in [0.29, 0.717) is 5.92 Å². The summed E-state index contributed by atoms with van der Waals surface area (Å²) >= 11 is 0. The monoisotopic (exact) mass is 475 g/mol. The molecule has 1 saturated heterocycles. The number of benzene rings is 2. The van der Waals surface area contributed by atoms with E-state index >= 15 is 0 Å². The van der Waals surface area contributed by atoms with Gasteiger partial charge in [0.2, 0.25) is 0 Å². The van der Waals surface area contributed by atoms with Crippen molar-refractivity contribution in [2.45, 2.75) is 77.7 Å². The molecule has 2 aliphatic rings. The van der Waals surface area contributed by atoms with Crippen LogP contribution in [0.2, 0.25) is 0 Å². The maximum Gasteiger partial charge on any atom is 0.254 e. The number of hydrogen-bond donors (Lipinski definition) is 0. The highest BCUT2D eigenvalue weighted by Gasteiger charge is 2.24. The molecule has 0 unspecified atom stereocenters. The van der Waals surface area contributed by atoms with E-state index in [1.54, 1.807) is 0 Å². The van der Waals surface area contributed by atoms with E-state index in [0.717, 1.165) is 49.8 Å². The Hall–Kier alpha value is -2.33. The van der Waals surface area contributed by atoms with Crippen LogP contribution in [0.3, 0.4) is 0 Å². The smallest absolute Gasteiger partial charge is 0.254 e. The van der Waals surface area contributed by atoms with Crippen LogP contribution in [0.1, 0.15) is 85.3 Å². The number of aryl methyl sites for hydroxylation is 2. The highest BCUT2D eigenvalue weighted by atomic mass is 16.2. The summed E-state index contributed by atoms with van der Waals surface area (Å²) in [6.45, 7) is 11.0. The number of carbonyl (C=O) groups excluding carboxylic acids is 1. The summed E-state index contributed by atoms with van der Waals surface area (Å²) in [6, 6.07) is 16.3. The van der Waals surface area contributed by atoms with Gasteiger partial charge in [-0.2, -0.15) is 0 Å². The van der Waals surface area contributed by atoms with Crippen LogP contribution in [-0.2, 0) is 6.42 Å². The van der Waals surface area contributed by atoms with Crippen molar-refractivity contribution >= 4 is 11.6 Å². The summed E-state index contributed by atoms with van der Waals surface area (Å²) in [5.74, 6) is 0.610. The first-order valence-electron chi connectivity index (χ1n) is 13.9. The predicted molar refractivity (Wildman–Crippen MR) is 148 cm³/mol. The van der Waals surface area contributed by atoms with Gasteiger partial charge in [0.25, 0.3) is 5.91 Å². The van der Waals surface area contributed by atoms with E-state index in [9.17, 15) is 4.79 Å². The first-order valence-corrected chi connectivity index (χ1v) is 13.9. The molecule has 1 saturated carbocycles. The Kier molecular flexibility index (Phi) is 8.89. The molecule has 4 heteroatoms. The molecule has 1 amide bonds.